The van der Waals surface area contributed by atoms with Gasteiger partial charge in [-0.05, 0) is 41.7 Å². The third-order valence-electron chi connectivity index (χ3n) is 4.44. The fraction of sp³-hybridized carbons (Fsp3) is 0.364. The SMILES string of the molecule is CCCC(=O)c1ccc(CC(=O)NCc2cccc(C(F)(F)F)c2)cc1CC. The summed E-state index contributed by atoms with van der Waals surface area (Å²) in [4.78, 5) is 24.3. The highest BCUT2D eigenvalue weighted by molar-refractivity contribution is 5.97. The van der Waals surface area contributed by atoms with Crippen molar-refractivity contribution >= 4 is 11.7 Å². The van der Waals surface area contributed by atoms with E-state index >= 15 is 0 Å². The van der Waals surface area contributed by atoms with Gasteiger partial charge in [0.1, 0.15) is 0 Å². The molecular weight excluding hydrogens is 367 g/mol. The summed E-state index contributed by atoms with van der Waals surface area (Å²) in [7, 11) is 0. The first kappa shape index (κ1) is 21.7. The van der Waals surface area contributed by atoms with Crippen LogP contribution in [0.15, 0.2) is 42.5 Å². The van der Waals surface area contributed by atoms with E-state index in [1.54, 1.807) is 18.2 Å². The Labute approximate surface area is 163 Å². The van der Waals surface area contributed by atoms with E-state index in [9.17, 15) is 22.8 Å². The lowest BCUT2D eigenvalue weighted by molar-refractivity contribution is -0.137. The molecule has 0 spiro atoms. The molecule has 3 nitrogen and oxygen atoms in total. The summed E-state index contributed by atoms with van der Waals surface area (Å²) in [5, 5.41) is 2.65. The summed E-state index contributed by atoms with van der Waals surface area (Å²) in [6, 6.07) is 10.3. The zero-order valence-corrected chi connectivity index (χ0v) is 16.0. The molecule has 0 radical (unpaired) electrons. The molecule has 28 heavy (non-hydrogen) atoms. The zero-order valence-electron chi connectivity index (χ0n) is 16.0. The molecule has 0 aliphatic rings. The fourth-order valence-corrected chi connectivity index (χ4v) is 2.99. The molecule has 0 unspecified atom stereocenters. The van der Waals surface area contributed by atoms with Gasteiger partial charge in [-0.1, -0.05) is 44.2 Å². The van der Waals surface area contributed by atoms with Crippen LogP contribution in [0.5, 0.6) is 0 Å². The molecule has 0 aromatic heterocycles. The van der Waals surface area contributed by atoms with E-state index in [0.717, 1.165) is 29.7 Å². The molecular formula is C22H24F3NO2. The van der Waals surface area contributed by atoms with E-state index in [-0.39, 0.29) is 24.7 Å². The second kappa shape index (κ2) is 9.53. The van der Waals surface area contributed by atoms with Crippen LogP contribution in [-0.2, 0) is 30.4 Å². The molecule has 0 saturated carbocycles. The number of hydrogen-bond acceptors (Lipinski definition) is 2. The van der Waals surface area contributed by atoms with Crippen molar-refractivity contribution in [1.82, 2.24) is 5.32 Å². The van der Waals surface area contributed by atoms with E-state index in [2.05, 4.69) is 5.32 Å². The number of alkyl halides is 3. The number of aryl methyl sites for hydroxylation is 1. The molecule has 0 fully saturated rings. The summed E-state index contributed by atoms with van der Waals surface area (Å²) < 4.78 is 38.3. The molecule has 0 heterocycles. The number of ketones is 1. The minimum Gasteiger partial charge on any atom is -0.352 e. The van der Waals surface area contributed by atoms with Gasteiger partial charge < -0.3 is 5.32 Å². The van der Waals surface area contributed by atoms with Gasteiger partial charge in [0.2, 0.25) is 5.91 Å². The van der Waals surface area contributed by atoms with Crippen molar-refractivity contribution in [3.8, 4) is 0 Å². The first-order chi connectivity index (χ1) is 13.2. The number of benzene rings is 2. The largest absolute Gasteiger partial charge is 0.416 e. The Morgan fingerprint density at radius 3 is 2.39 bits per heavy atom. The molecule has 1 N–H and O–H groups in total. The van der Waals surface area contributed by atoms with Crippen molar-refractivity contribution in [3.63, 3.8) is 0 Å². The van der Waals surface area contributed by atoms with Crippen molar-refractivity contribution < 1.29 is 22.8 Å². The maximum Gasteiger partial charge on any atom is 0.416 e. The monoisotopic (exact) mass is 391 g/mol. The predicted octanol–water partition coefficient (Wildman–Crippen LogP) is 5.11. The van der Waals surface area contributed by atoms with Crippen LogP contribution in [0, 0.1) is 0 Å². The van der Waals surface area contributed by atoms with Gasteiger partial charge in [-0.15, -0.1) is 0 Å². The second-order valence-electron chi connectivity index (χ2n) is 6.67. The Balaban J connectivity index is 2.01. The van der Waals surface area contributed by atoms with Gasteiger partial charge >= 0.3 is 6.18 Å². The Hall–Kier alpha value is -2.63. The average Bonchev–Trinajstić information content (AvgIpc) is 2.66. The van der Waals surface area contributed by atoms with Crippen LogP contribution in [0.2, 0.25) is 0 Å². The van der Waals surface area contributed by atoms with Gasteiger partial charge in [0.25, 0.3) is 0 Å². The molecule has 0 saturated heterocycles. The van der Waals surface area contributed by atoms with Gasteiger partial charge in [-0.3, -0.25) is 9.59 Å². The number of hydrogen-bond donors (Lipinski definition) is 1. The van der Waals surface area contributed by atoms with Gasteiger partial charge in [-0.25, -0.2) is 0 Å². The van der Waals surface area contributed by atoms with Gasteiger partial charge in [0.15, 0.2) is 5.78 Å². The summed E-state index contributed by atoms with van der Waals surface area (Å²) in [6.45, 7) is 3.93. The molecule has 0 atom stereocenters. The maximum absolute atomic E-state index is 12.8. The van der Waals surface area contributed by atoms with Crippen LogP contribution in [0.25, 0.3) is 0 Å². The first-order valence-electron chi connectivity index (χ1n) is 9.32. The topological polar surface area (TPSA) is 46.2 Å². The molecule has 1 amide bonds. The van der Waals surface area contributed by atoms with Crippen molar-refractivity contribution in [2.75, 3.05) is 0 Å². The van der Waals surface area contributed by atoms with Crippen LogP contribution in [0.4, 0.5) is 13.2 Å². The maximum atomic E-state index is 12.8. The van der Waals surface area contributed by atoms with E-state index in [0.29, 0.717) is 24.0 Å². The summed E-state index contributed by atoms with van der Waals surface area (Å²) in [5.41, 5.74) is 2.02. The summed E-state index contributed by atoms with van der Waals surface area (Å²) >= 11 is 0. The van der Waals surface area contributed by atoms with Crippen LogP contribution in [-0.4, -0.2) is 11.7 Å². The Bertz CT molecular complexity index is 844. The molecule has 6 heteroatoms. The molecule has 0 bridgehead atoms. The third kappa shape index (κ3) is 5.94. The smallest absolute Gasteiger partial charge is 0.352 e. The molecule has 150 valence electrons. The third-order valence-corrected chi connectivity index (χ3v) is 4.44. The number of carbonyl (C=O) groups excluding carboxylic acids is 2. The zero-order chi connectivity index (χ0) is 20.7. The quantitative estimate of drug-likeness (QED) is 0.636. The Morgan fingerprint density at radius 2 is 1.75 bits per heavy atom. The summed E-state index contributed by atoms with van der Waals surface area (Å²) in [6.07, 6.45) is -2.35. The van der Waals surface area contributed by atoms with Crippen molar-refractivity contribution in [1.29, 1.82) is 0 Å². The molecule has 2 aromatic rings. The standard InChI is InChI=1S/C22H24F3NO2/c1-3-6-20(27)19-10-9-15(11-17(19)4-2)13-21(28)26-14-16-7-5-8-18(12-16)22(23,24)25/h5,7-12H,3-4,6,13-14H2,1-2H3,(H,26,28). The summed E-state index contributed by atoms with van der Waals surface area (Å²) in [5.74, 6) is -0.188. The molecule has 0 aliphatic heterocycles. The fourth-order valence-electron chi connectivity index (χ4n) is 2.99. The van der Waals surface area contributed by atoms with Crippen LogP contribution < -0.4 is 5.32 Å². The molecule has 2 aromatic carbocycles. The van der Waals surface area contributed by atoms with Gasteiger partial charge in [0.05, 0.1) is 12.0 Å². The number of amides is 1. The van der Waals surface area contributed by atoms with Crippen molar-refractivity contribution in [2.24, 2.45) is 0 Å². The van der Waals surface area contributed by atoms with Gasteiger partial charge in [0, 0.05) is 18.5 Å². The van der Waals surface area contributed by atoms with Crippen LogP contribution >= 0.6 is 0 Å². The highest BCUT2D eigenvalue weighted by Crippen LogP contribution is 2.29. The molecule has 2 rings (SSSR count). The number of nitrogens with one attached hydrogen (secondary N) is 1. The number of rotatable bonds is 8. The minimum atomic E-state index is -4.41. The van der Waals surface area contributed by atoms with Crippen LogP contribution in [0.1, 0.15) is 59.3 Å². The minimum absolute atomic E-state index is 0.0243. The number of halogens is 3. The number of carbonyl (C=O) groups is 2. The van der Waals surface area contributed by atoms with Crippen molar-refractivity contribution in [3.05, 3.63) is 70.3 Å². The van der Waals surface area contributed by atoms with E-state index in [4.69, 9.17) is 0 Å². The second-order valence-corrected chi connectivity index (χ2v) is 6.67. The highest BCUT2D eigenvalue weighted by atomic mass is 19.4. The lowest BCUT2D eigenvalue weighted by atomic mass is 9.96. The predicted molar refractivity (Wildman–Crippen MR) is 102 cm³/mol. The number of Topliss-reactive ketones (excluding diaryl/α,β-unsaturated/α-hetero) is 1. The average molecular weight is 391 g/mol. The van der Waals surface area contributed by atoms with Crippen LogP contribution in [0.3, 0.4) is 0 Å². The van der Waals surface area contributed by atoms with Gasteiger partial charge in [-0.2, -0.15) is 13.2 Å². The van der Waals surface area contributed by atoms with E-state index < -0.39 is 11.7 Å². The van der Waals surface area contributed by atoms with E-state index in [1.165, 1.54) is 6.07 Å². The normalized spacial score (nSPS) is 11.3. The Kier molecular flexibility index (Phi) is 7.38. The molecule has 0 aliphatic carbocycles. The van der Waals surface area contributed by atoms with Crippen molar-refractivity contribution in [2.45, 2.75) is 52.3 Å². The first-order valence-corrected chi connectivity index (χ1v) is 9.32. The lowest BCUT2D eigenvalue weighted by Gasteiger charge is -2.11. The Morgan fingerprint density at radius 1 is 1.00 bits per heavy atom. The lowest BCUT2D eigenvalue weighted by Crippen LogP contribution is -2.24. The highest BCUT2D eigenvalue weighted by Gasteiger charge is 2.30. The van der Waals surface area contributed by atoms with E-state index in [1.807, 2.05) is 19.9 Å².